The molecule has 0 nitrogen and oxygen atoms in total. The van der Waals surface area contributed by atoms with Crippen LogP contribution in [0.2, 0.25) is 0 Å². The number of hydrogen-bond donors (Lipinski definition) is 0. The lowest BCUT2D eigenvalue weighted by atomic mass is 10.2. The average molecular weight is 297 g/mol. The van der Waals surface area contributed by atoms with E-state index in [9.17, 15) is 0 Å². The maximum atomic E-state index is 2.16. The molecular weight excluding hydrogens is 272 g/mol. The van der Waals surface area contributed by atoms with Crippen LogP contribution in [0.1, 0.15) is 25.7 Å². The quantitative estimate of drug-likeness (QED) is 0.645. The molecule has 1 heterocycles. The van der Waals surface area contributed by atoms with Crippen molar-refractivity contribution in [3.05, 3.63) is 0 Å². The van der Waals surface area contributed by atoms with Gasteiger partial charge in [0.25, 0.3) is 0 Å². The summed E-state index contributed by atoms with van der Waals surface area (Å²) < 4.78 is 0. The summed E-state index contributed by atoms with van der Waals surface area (Å²) in [7, 11) is 0. The van der Waals surface area contributed by atoms with Crippen LogP contribution < -0.4 is 0 Å². The van der Waals surface area contributed by atoms with Crippen LogP contribution in [0, 0.1) is 0 Å². The third-order valence-corrected chi connectivity index (χ3v) is 7.33. The molecule has 0 saturated carbocycles. The van der Waals surface area contributed by atoms with Crippen molar-refractivity contribution >= 4 is 47.0 Å². The highest BCUT2D eigenvalue weighted by atomic mass is 32.2. The van der Waals surface area contributed by atoms with E-state index in [-0.39, 0.29) is 0 Å². The Morgan fingerprint density at radius 2 is 0.625 bits per heavy atom. The lowest BCUT2D eigenvalue weighted by Gasteiger charge is -2.05. The average Bonchev–Trinajstić information content (AvgIpc) is 2.29. The van der Waals surface area contributed by atoms with Gasteiger partial charge in [-0.3, -0.25) is 0 Å². The van der Waals surface area contributed by atoms with Crippen LogP contribution in [0.4, 0.5) is 0 Å². The van der Waals surface area contributed by atoms with Gasteiger partial charge < -0.3 is 0 Å². The summed E-state index contributed by atoms with van der Waals surface area (Å²) in [6.45, 7) is 0. The number of rotatable bonds is 0. The van der Waals surface area contributed by atoms with E-state index in [2.05, 4.69) is 47.0 Å². The predicted octanol–water partition coefficient (Wildman–Crippen LogP) is 4.49. The molecule has 0 amide bonds. The fraction of sp³-hybridized carbons (Fsp3) is 1.00. The van der Waals surface area contributed by atoms with Crippen LogP contribution in [-0.2, 0) is 0 Å². The Morgan fingerprint density at radius 1 is 0.312 bits per heavy atom. The first-order valence-electron chi connectivity index (χ1n) is 6.31. The molecule has 4 heteroatoms. The Kier molecular flexibility index (Phi) is 12.4. The van der Waals surface area contributed by atoms with E-state index in [1.54, 1.807) is 0 Å². The molecular formula is C12H24S4. The lowest BCUT2D eigenvalue weighted by Crippen LogP contribution is -1.95. The molecule has 1 rings (SSSR count). The molecule has 0 unspecified atom stereocenters. The van der Waals surface area contributed by atoms with Gasteiger partial charge in [-0.15, -0.1) is 0 Å². The van der Waals surface area contributed by atoms with Crippen molar-refractivity contribution in [3.8, 4) is 0 Å². The summed E-state index contributed by atoms with van der Waals surface area (Å²) in [5.74, 6) is 11.0. The van der Waals surface area contributed by atoms with E-state index in [1.807, 2.05) is 0 Å². The summed E-state index contributed by atoms with van der Waals surface area (Å²) in [5, 5.41) is 0. The minimum atomic E-state index is 1.36. The van der Waals surface area contributed by atoms with Gasteiger partial charge >= 0.3 is 0 Å². The molecule has 0 atom stereocenters. The molecule has 0 radical (unpaired) electrons. The van der Waals surface area contributed by atoms with Gasteiger partial charge in [-0.1, -0.05) is 12.8 Å². The standard InChI is InChI=1S/C12H24S4/c1-2-4-6-14-8-10-16-12-11-15-9-7-13-5-3-1/h1-12H2. The summed E-state index contributed by atoms with van der Waals surface area (Å²) >= 11 is 8.59. The Hall–Kier alpha value is 1.40. The monoisotopic (exact) mass is 296 g/mol. The fourth-order valence-electron chi connectivity index (χ4n) is 1.52. The van der Waals surface area contributed by atoms with Crippen molar-refractivity contribution in [2.75, 3.05) is 46.0 Å². The van der Waals surface area contributed by atoms with E-state index in [0.717, 1.165) is 0 Å². The van der Waals surface area contributed by atoms with Crippen molar-refractivity contribution in [2.45, 2.75) is 25.7 Å². The summed E-state index contributed by atoms with van der Waals surface area (Å²) in [5.41, 5.74) is 0. The summed E-state index contributed by atoms with van der Waals surface area (Å²) in [4.78, 5) is 0. The van der Waals surface area contributed by atoms with Crippen molar-refractivity contribution in [2.24, 2.45) is 0 Å². The molecule has 0 aromatic rings. The third-order valence-electron chi connectivity index (χ3n) is 2.44. The normalized spacial score (nSPS) is 24.0. The largest absolute Gasteiger partial charge is 0.161 e. The van der Waals surface area contributed by atoms with Crippen LogP contribution in [0.3, 0.4) is 0 Å². The number of hydrogen-bond acceptors (Lipinski definition) is 4. The highest BCUT2D eigenvalue weighted by Gasteiger charge is 1.96. The minimum absolute atomic E-state index is 1.36. The molecule has 96 valence electrons. The second-order valence-electron chi connectivity index (χ2n) is 3.86. The van der Waals surface area contributed by atoms with Crippen LogP contribution in [0.5, 0.6) is 0 Å². The molecule has 1 saturated heterocycles. The van der Waals surface area contributed by atoms with Gasteiger partial charge in [0.2, 0.25) is 0 Å². The smallest absolute Gasteiger partial charge is 0.00238 e. The molecule has 1 fully saturated rings. The van der Waals surface area contributed by atoms with Crippen molar-refractivity contribution in [1.82, 2.24) is 0 Å². The highest BCUT2D eigenvalue weighted by Crippen LogP contribution is 2.15. The maximum Gasteiger partial charge on any atom is 0.00238 e. The molecule has 1 aliphatic rings. The van der Waals surface area contributed by atoms with E-state index in [1.165, 1.54) is 71.7 Å². The van der Waals surface area contributed by atoms with Gasteiger partial charge in [0.05, 0.1) is 0 Å². The van der Waals surface area contributed by atoms with Gasteiger partial charge in [0.1, 0.15) is 0 Å². The van der Waals surface area contributed by atoms with Gasteiger partial charge in [-0.2, -0.15) is 47.0 Å². The maximum absolute atomic E-state index is 2.16. The van der Waals surface area contributed by atoms with Crippen LogP contribution in [0.15, 0.2) is 0 Å². The topological polar surface area (TPSA) is 0 Å². The van der Waals surface area contributed by atoms with Crippen LogP contribution >= 0.6 is 47.0 Å². The highest BCUT2D eigenvalue weighted by molar-refractivity contribution is 8.05. The zero-order valence-corrected chi connectivity index (χ0v) is 13.4. The van der Waals surface area contributed by atoms with E-state index in [4.69, 9.17) is 0 Å². The van der Waals surface area contributed by atoms with Gasteiger partial charge in [0, 0.05) is 34.5 Å². The first-order chi connectivity index (χ1) is 8.00. The molecule has 0 aromatic carbocycles. The van der Waals surface area contributed by atoms with Gasteiger partial charge in [-0.25, -0.2) is 0 Å². The Morgan fingerprint density at radius 3 is 1.00 bits per heavy atom. The Balaban J connectivity index is 2.00. The second kappa shape index (κ2) is 12.8. The molecule has 1 aliphatic heterocycles. The molecule has 0 aliphatic carbocycles. The Labute approximate surface area is 118 Å². The second-order valence-corrected chi connectivity index (χ2v) is 8.76. The zero-order valence-electron chi connectivity index (χ0n) is 10.1. The van der Waals surface area contributed by atoms with E-state index < -0.39 is 0 Å². The molecule has 0 spiro atoms. The molecule has 0 aromatic heterocycles. The Bertz CT molecular complexity index is 77.0. The first-order valence-corrected chi connectivity index (χ1v) is 10.9. The SMILES string of the molecule is C1CCCSCCSCCSCCSCC1. The van der Waals surface area contributed by atoms with E-state index in [0.29, 0.717) is 0 Å². The first kappa shape index (κ1) is 15.5. The number of thioether (sulfide) groups is 4. The van der Waals surface area contributed by atoms with Crippen molar-refractivity contribution < 1.29 is 0 Å². The molecule has 0 N–H and O–H groups in total. The van der Waals surface area contributed by atoms with Crippen LogP contribution in [-0.4, -0.2) is 46.0 Å². The summed E-state index contributed by atoms with van der Waals surface area (Å²) in [6.07, 6.45) is 5.79. The fourth-order valence-corrected chi connectivity index (χ4v) is 5.99. The predicted molar refractivity (Wildman–Crippen MR) is 87.8 cm³/mol. The zero-order chi connectivity index (χ0) is 11.3. The molecule has 16 heavy (non-hydrogen) atoms. The molecule has 0 bridgehead atoms. The van der Waals surface area contributed by atoms with Crippen molar-refractivity contribution in [1.29, 1.82) is 0 Å². The van der Waals surface area contributed by atoms with Crippen molar-refractivity contribution in [3.63, 3.8) is 0 Å². The lowest BCUT2D eigenvalue weighted by molar-refractivity contribution is 0.711. The van der Waals surface area contributed by atoms with Crippen LogP contribution in [0.25, 0.3) is 0 Å². The third kappa shape index (κ3) is 10.5. The summed E-state index contributed by atoms with van der Waals surface area (Å²) in [6, 6.07) is 0. The van der Waals surface area contributed by atoms with E-state index >= 15 is 0 Å². The van der Waals surface area contributed by atoms with Gasteiger partial charge in [-0.05, 0) is 24.3 Å². The van der Waals surface area contributed by atoms with Gasteiger partial charge in [0.15, 0.2) is 0 Å². The minimum Gasteiger partial charge on any atom is -0.161 e.